The van der Waals surface area contributed by atoms with Crippen molar-refractivity contribution >= 4 is 29.3 Å². The third-order valence-electron chi connectivity index (χ3n) is 4.31. The Kier molecular flexibility index (Phi) is 7.91. The van der Waals surface area contributed by atoms with E-state index in [0.717, 1.165) is 23.4 Å². The van der Waals surface area contributed by atoms with Crippen molar-refractivity contribution < 1.29 is 18.3 Å². The van der Waals surface area contributed by atoms with Crippen LogP contribution >= 0.6 is 11.6 Å². The summed E-state index contributed by atoms with van der Waals surface area (Å²) in [6.07, 6.45) is 0. The average Bonchev–Trinajstić information content (AvgIpc) is 3.23. The molecule has 7 nitrogen and oxygen atoms in total. The van der Waals surface area contributed by atoms with Gasteiger partial charge in [-0.3, -0.25) is 15.2 Å². The number of H-pyrrole nitrogens is 1. The van der Waals surface area contributed by atoms with E-state index in [-0.39, 0.29) is 17.6 Å². The molecule has 0 aliphatic heterocycles. The predicted octanol–water partition coefficient (Wildman–Crippen LogP) is 4.63. The largest absolute Gasteiger partial charge is 0.380 e. The third kappa shape index (κ3) is 6.35. The number of aromatic amines is 1. The molecule has 32 heavy (non-hydrogen) atoms. The third-order valence-corrected chi connectivity index (χ3v) is 4.56. The van der Waals surface area contributed by atoms with Crippen LogP contribution in [0, 0.1) is 11.6 Å². The summed E-state index contributed by atoms with van der Waals surface area (Å²) in [5, 5.41) is 13.2. The summed E-state index contributed by atoms with van der Waals surface area (Å²) in [6.45, 7) is 4.53. The first-order chi connectivity index (χ1) is 15.4. The number of nitrogens with one attached hydrogen (secondary N) is 3. The molecule has 0 radical (unpaired) electrons. The molecule has 2 aromatic carbocycles. The Hall–Kier alpha value is -3.30. The molecule has 0 saturated heterocycles. The number of benzene rings is 2. The number of hydrogen-bond donors (Lipinski definition) is 3. The molecule has 10 heteroatoms. The molecule has 1 amide bonds. The first-order valence-corrected chi connectivity index (χ1v) is 10.2. The van der Waals surface area contributed by atoms with E-state index >= 15 is 0 Å². The SMILES string of the molecule is CCOC[C@H](C)N=C(NC(=O)c1ccc(F)c(F)c1)Nc1cc(-c2ccc(Cl)cc2)[nH]n1. The lowest BCUT2D eigenvalue weighted by atomic mass is 10.1. The van der Waals surface area contributed by atoms with E-state index in [4.69, 9.17) is 16.3 Å². The van der Waals surface area contributed by atoms with Gasteiger partial charge in [0.05, 0.1) is 18.3 Å². The van der Waals surface area contributed by atoms with Crippen LogP contribution < -0.4 is 10.6 Å². The standard InChI is InChI=1S/C22H22ClF2N5O2/c1-3-32-12-13(2)26-22(28-21(31)15-6-9-17(24)18(25)10-15)27-20-11-19(29-30-20)14-4-7-16(23)8-5-14/h4-11,13H,3,12H2,1-2H3,(H3,26,27,28,29,30,31)/t13-/m0/s1. The molecule has 0 spiro atoms. The van der Waals surface area contributed by atoms with Gasteiger partial charge in [0.1, 0.15) is 0 Å². The van der Waals surface area contributed by atoms with Crippen LogP contribution in [-0.2, 0) is 4.74 Å². The van der Waals surface area contributed by atoms with Crippen LogP contribution in [0.4, 0.5) is 14.6 Å². The second-order valence-corrected chi connectivity index (χ2v) is 7.30. The van der Waals surface area contributed by atoms with Crippen molar-refractivity contribution in [1.82, 2.24) is 15.5 Å². The van der Waals surface area contributed by atoms with Gasteiger partial charge in [0, 0.05) is 23.3 Å². The van der Waals surface area contributed by atoms with Gasteiger partial charge in [0.2, 0.25) is 5.96 Å². The highest BCUT2D eigenvalue weighted by Gasteiger charge is 2.15. The molecule has 1 aromatic heterocycles. The average molecular weight is 462 g/mol. The number of aliphatic imine (C=N–C) groups is 1. The van der Waals surface area contributed by atoms with Crippen LogP contribution in [0.1, 0.15) is 24.2 Å². The normalized spacial score (nSPS) is 12.5. The quantitative estimate of drug-likeness (QED) is 0.353. The number of hydrogen-bond acceptors (Lipinski definition) is 4. The van der Waals surface area contributed by atoms with Crippen LogP contribution in [0.2, 0.25) is 5.02 Å². The lowest BCUT2D eigenvalue weighted by Crippen LogP contribution is -2.37. The van der Waals surface area contributed by atoms with Gasteiger partial charge < -0.3 is 10.1 Å². The van der Waals surface area contributed by atoms with Crippen LogP contribution in [-0.4, -0.2) is 41.3 Å². The van der Waals surface area contributed by atoms with E-state index in [0.29, 0.717) is 24.1 Å². The minimum absolute atomic E-state index is 0.0558. The fourth-order valence-electron chi connectivity index (χ4n) is 2.74. The molecule has 0 bridgehead atoms. The van der Waals surface area contributed by atoms with E-state index < -0.39 is 17.5 Å². The zero-order valence-electron chi connectivity index (χ0n) is 17.5. The summed E-state index contributed by atoms with van der Waals surface area (Å²) < 4.78 is 32.1. The summed E-state index contributed by atoms with van der Waals surface area (Å²) in [7, 11) is 0. The summed E-state index contributed by atoms with van der Waals surface area (Å²) in [6, 6.07) is 11.5. The molecule has 3 rings (SSSR count). The maximum Gasteiger partial charge on any atom is 0.258 e. The molecule has 0 saturated carbocycles. The fraction of sp³-hybridized carbons (Fsp3) is 0.227. The van der Waals surface area contributed by atoms with E-state index in [1.165, 1.54) is 6.07 Å². The second-order valence-electron chi connectivity index (χ2n) is 6.87. The monoisotopic (exact) mass is 461 g/mol. The Labute approximate surface area is 188 Å². The smallest absolute Gasteiger partial charge is 0.258 e. The lowest BCUT2D eigenvalue weighted by molar-refractivity contribution is 0.0975. The topological polar surface area (TPSA) is 91.4 Å². The Bertz CT molecular complexity index is 1100. The highest BCUT2D eigenvalue weighted by Crippen LogP contribution is 2.21. The number of carbonyl (C=O) groups is 1. The number of nitrogens with zero attached hydrogens (tertiary/aromatic N) is 2. The van der Waals surface area contributed by atoms with E-state index in [9.17, 15) is 13.6 Å². The molecule has 0 aliphatic rings. The van der Waals surface area contributed by atoms with Gasteiger partial charge in [0.25, 0.3) is 5.91 Å². The second kappa shape index (κ2) is 10.8. The molecule has 1 heterocycles. The van der Waals surface area contributed by atoms with Crippen LogP contribution in [0.25, 0.3) is 11.3 Å². The van der Waals surface area contributed by atoms with Crippen molar-refractivity contribution in [2.24, 2.45) is 4.99 Å². The minimum Gasteiger partial charge on any atom is -0.380 e. The van der Waals surface area contributed by atoms with E-state index in [1.54, 1.807) is 18.2 Å². The van der Waals surface area contributed by atoms with E-state index in [1.807, 2.05) is 26.0 Å². The number of ether oxygens (including phenoxy) is 1. The maximum absolute atomic E-state index is 13.5. The molecule has 1 atom stereocenters. The van der Waals surface area contributed by atoms with Gasteiger partial charge in [-0.05, 0) is 49.7 Å². The zero-order valence-corrected chi connectivity index (χ0v) is 18.2. The number of rotatable bonds is 7. The minimum atomic E-state index is -1.12. The van der Waals surface area contributed by atoms with Crippen molar-refractivity contribution in [3.8, 4) is 11.3 Å². The summed E-state index contributed by atoms with van der Waals surface area (Å²) in [5.74, 6) is -2.34. The molecule has 3 aromatic rings. The van der Waals surface area contributed by atoms with Gasteiger partial charge in [-0.2, -0.15) is 5.10 Å². The van der Waals surface area contributed by atoms with Crippen molar-refractivity contribution in [1.29, 1.82) is 0 Å². The molecule has 0 aliphatic carbocycles. The first-order valence-electron chi connectivity index (χ1n) is 9.86. The van der Waals surface area contributed by atoms with Crippen molar-refractivity contribution in [2.45, 2.75) is 19.9 Å². The number of guanidine groups is 1. The number of aromatic nitrogens is 2. The summed E-state index contributed by atoms with van der Waals surface area (Å²) in [4.78, 5) is 17.0. The molecule has 0 unspecified atom stereocenters. The molecule has 0 fully saturated rings. The Morgan fingerprint density at radius 1 is 1.19 bits per heavy atom. The summed E-state index contributed by atoms with van der Waals surface area (Å²) >= 11 is 5.93. The zero-order chi connectivity index (χ0) is 23.1. The molecule has 3 N–H and O–H groups in total. The van der Waals surface area contributed by atoms with Crippen molar-refractivity contribution in [3.05, 3.63) is 70.8 Å². The lowest BCUT2D eigenvalue weighted by Gasteiger charge is -2.13. The van der Waals surface area contributed by atoms with Crippen LogP contribution in [0.3, 0.4) is 0 Å². The number of anilines is 1. The molecule has 168 valence electrons. The van der Waals surface area contributed by atoms with Gasteiger partial charge >= 0.3 is 0 Å². The van der Waals surface area contributed by atoms with Gasteiger partial charge in [0.15, 0.2) is 17.5 Å². The van der Waals surface area contributed by atoms with Gasteiger partial charge in [-0.25, -0.2) is 13.8 Å². The van der Waals surface area contributed by atoms with Gasteiger partial charge in [-0.1, -0.05) is 23.7 Å². The molecular weight excluding hydrogens is 440 g/mol. The maximum atomic E-state index is 13.5. The highest BCUT2D eigenvalue weighted by molar-refractivity contribution is 6.30. The highest BCUT2D eigenvalue weighted by atomic mass is 35.5. The van der Waals surface area contributed by atoms with Crippen LogP contribution in [0.15, 0.2) is 53.5 Å². The number of amides is 1. The Balaban J connectivity index is 1.79. The van der Waals surface area contributed by atoms with Gasteiger partial charge in [-0.15, -0.1) is 0 Å². The number of halogens is 3. The Morgan fingerprint density at radius 2 is 1.94 bits per heavy atom. The first kappa shape index (κ1) is 23.4. The van der Waals surface area contributed by atoms with Crippen LogP contribution in [0.5, 0.6) is 0 Å². The van der Waals surface area contributed by atoms with Crippen molar-refractivity contribution in [3.63, 3.8) is 0 Å². The molecular formula is C22H22ClF2N5O2. The summed E-state index contributed by atoms with van der Waals surface area (Å²) in [5.41, 5.74) is 1.53. The van der Waals surface area contributed by atoms with E-state index in [2.05, 4.69) is 25.8 Å². The Morgan fingerprint density at radius 3 is 2.62 bits per heavy atom. The van der Waals surface area contributed by atoms with Crippen molar-refractivity contribution in [2.75, 3.05) is 18.5 Å². The fourth-order valence-corrected chi connectivity index (χ4v) is 2.87. The number of carbonyl (C=O) groups excluding carboxylic acids is 1. The predicted molar refractivity (Wildman–Crippen MR) is 120 cm³/mol.